The molecule has 1 saturated carbocycles. The van der Waals surface area contributed by atoms with E-state index in [1.165, 1.54) is 25.0 Å². The molecule has 0 atom stereocenters. The minimum Gasteiger partial charge on any atom is -0.440 e. The van der Waals surface area contributed by atoms with Crippen molar-refractivity contribution < 1.29 is 17.6 Å². The number of aldehydes is 1. The van der Waals surface area contributed by atoms with E-state index in [9.17, 15) is 13.2 Å². The van der Waals surface area contributed by atoms with Crippen molar-refractivity contribution in [1.29, 1.82) is 0 Å². The summed E-state index contributed by atoms with van der Waals surface area (Å²) in [6.45, 7) is 0.413. The molecular weight excluding hydrogens is 242 g/mol. The number of rotatable bonds is 7. The van der Waals surface area contributed by atoms with Crippen molar-refractivity contribution in [2.24, 2.45) is 5.92 Å². The predicted molar refractivity (Wildman–Crippen MR) is 61.2 cm³/mol. The molecule has 5 nitrogen and oxygen atoms in total. The number of carbonyl (C=O) groups excluding carboxylic acids is 1. The highest BCUT2D eigenvalue weighted by Crippen LogP contribution is 2.33. The minimum atomic E-state index is -3.60. The number of furan rings is 1. The summed E-state index contributed by atoms with van der Waals surface area (Å²) in [4.78, 5) is 10.4. The number of hydrogen-bond acceptors (Lipinski definition) is 4. The largest absolute Gasteiger partial charge is 0.440 e. The first-order valence-electron chi connectivity index (χ1n) is 5.66. The van der Waals surface area contributed by atoms with E-state index in [0.717, 1.165) is 18.8 Å². The zero-order valence-electron chi connectivity index (χ0n) is 9.39. The fourth-order valence-corrected chi connectivity index (χ4v) is 2.63. The van der Waals surface area contributed by atoms with E-state index in [4.69, 9.17) is 4.42 Å². The van der Waals surface area contributed by atoms with E-state index >= 15 is 0 Å². The molecule has 0 aromatic carbocycles. The maximum Gasteiger partial charge on any atom is 0.273 e. The first-order chi connectivity index (χ1) is 8.12. The van der Waals surface area contributed by atoms with Crippen LogP contribution in [0.2, 0.25) is 0 Å². The van der Waals surface area contributed by atoms with Crippen LogP contribution in [0, 0.1) is 5.92 Å². The van der Waals surface area contributed by atoms with Crippen LogP contribution in [0.4, 0.5) is 0 Å². The predicted octanol–water partition coefficient (Wildman–Crippen LogP) is 1.56. The second kappa shape index (κ2) is 5.01. The fraction of sp³-hybridized carbons (Fsp3) is 0.545. The van der Waals surface area contributed by atoms with Gasteiger partial charge in [0.2, 0.25) is 5.09 Å². The maximum absolute atomic E-state index is 11.7. The van der Waals surface area contributed by atoms with Gasteiger partial charge in [0.15, 0.2) is 12.0 Å². The molecular formula is C11H15NO4S. The molecule has 0 bridgehead atoms. The van der Waals surface area contributed by atoms with Crippen molar-refractivity contribution in [3.05, 3.63) is 17.9 Å². The van der Waals surface area contributed by atoms with E-state index in [2.05, 4.69) is 4.72 Å². The Bertz CT molecular complexity index is 487. The first kappa shape index (κ1) is 12.3. The molecule has 2 rings (SSSR count). The van der Waals surface area contributed by atoms with Gasteiger partial charge in [-0.2, -0.15) is 0 Å². The summed E-state index contributed by atoms with van der Waals surface area (Å²) in [5.74, 6) is 0.813. The highest BCUT2D eigenvalue weighted by Gasteiger charge is 2.21. The molecule has 1 aromatic heterocycles. The lowest BCUT2D eigenvalue weighted by Crippen LogP contribution is -2.24. The number of sulfonamides is 1. The maximum atomic E-state index is 11.7. The Morgan fingerprint density at radius 3 is 2.76 bits per heavy atom. The van der Waals surface area contributed by atoms with Crippen LogP contribution >= 0.6 is 0 Å². The first-order valence-corrected chi connectivity index (χ1v) is 7.15. The molecule has 1 fully saturated rings. The Morgan fingerprint density at radius 1 is 1.41 bits per heavy atom. The van der Waals surface area contributed by atoms with Crippen molar-refractivity contribution in [3.8, 4) is 0 Å². The van der Waals surface area contributed by atoms with Crippen LogP contribution in [0.5, 0.6) is 0 Å². The highest BCUT2D eigenvalue weighted by atomic mass is 32.2. The van der Waals surface area contributed by atoms with Gasteiger partial charge in [-0.3, -0.25) is 4.79 Å². The average Bonchev–Trinajstić information content (AvgIpc) is 2.98. The van der Waals surface area contributed by atoms with Gasteiger partial charge in [-0.1, -0.05) is 12.8 Å². The molecule has 1 aliphatic carbocycles. The second-order valence-corrected chi connectivity index (χ2v) is 5.96. The molecule has 94 valence electrons. The Balaban J connectivity index is 1.86. The molecule has 0 spiro atoms. The van der Waals surface area contributed by atoms with Gasteiger partial charge in [0, 0.05) is 6.54 Å². The van der Waals surface area contributed by atoms with Gasteiger partial charge < -0.3 is 4.42 Å². The Labute approximate surface area is 100 Å². The van der Waals surface area contributed by atoms with Crippen LogP contribution in [-0.4, -0.2) is 21.2 Å². The van der Waals surface area contributed by atoms with Gasteiger partial charge in [-0.05, 0) is 30.9 Å². The van der Waals surface area contributed by atoms with Gasteiger partial charge in [0.1, 0.15) is 0 Å². The molecule has 0 radical (unpaired) electrons. The molecule has 1 aromatic rings. The van der Waals surface area contributed by atoms with Crippen LogP contribution in [-0.2, 0) is 10.0 Å². The lowest BCUT2D eigenvalue weighted by molar-refractivity contribution is 0.109. The average molecular weight is 257 g/mol. The zero-order chi connectivity index (χ0) is 12.3. The Kier molecular flexibility index (Phi) is 3.63. The Hall–Kier alpha value is -1.14. The lowest BCUT2D eigenvalue weighted by Gasteiger charge is -2.03. The van der Waals surface area contributed by atoms with Gasteiger partial charge >= 0.3 is 0 Å². The number of carbonyl (C=O) groups is 1. The van der Waals surface area contributed by atoms with E-state index in [1.54, 1.807) is 0 Å². The topological polar surface area (TPSA) is 76.4 Å². The summed E-state index contributed by atoms with van der Waals surface area (Å²) in [6, 6.07) is 2.62. The molecule has 1 heterocycles. The van der Waals surface area contributed by atoms with Crippen molar-refractivity contribution >= 4 is 16.3 Å². The summed E-state index contributed by atoms with van der Waals surface area (Å²) in [6.07, 6.45) is 4.93. The quantitative estimate of drug-likeness (QED) is 0.594. The van der Waals surface area contributed by atoms with Crippen LogP contribution in [0.25, 0.3) is 0 Å². The van der Waals surface area contributed by atoms with Crippen LogP contribution in [0.3, 0.4) is 0 Å². The van der Waals surface area contributed by atoms with Crippen molar-refractivity contribution in [3.63, 3.8) is 0 Å². The summed E-state index contributed by atoms with van der Waals surface area (Å²) in [5.41, 5.74) is 0. The monoisotopic (exact) mass is 257 g/mol. The molecule has 17 heavy (non-hydrogen) atoms. The minimum absolute atomic E-state index is 0.0170. The second-order valence-electron chi connectivity index (χ2n) is 4.26. The molecule has 1 aliphatic rings. The molecule has 0 aliphatic heterocycles. The van der Waals surface area contributed by atoms with Gasteiger partial charge in [-0.25, -0.2) is 13.1 Å². The van der Waals surface area contributed by atoms with Gasteiger partial charge in [0.05, 0.1) is 0 Å². The summed E-state index contributed by atoms with van der Waals surface area (Å²) in [5, 5.41) is -0.203. The zero-order valence-corrected chi connectivity index (χ0v) is 10.2. The molecule has 0 amide bonds. The fourth-order valence-electron chi connectivity index (χ4n) is 1.62. The number of nitrogens with one attached hydrogen (secondary N) is 1. The van der Waals surface area contributed by atoms with Crippen molar-refractivity contribution in [2.45, 2.75) is 30.8 Å². The summed E-state index contributed by atoms with van der Waals surface area (Å²) in [7, 11) is -3.60. The normalized spacial score (nSPS) is 16.0. The van der Waals surface area contributed by atoms with Crippen LogP contribution < -0.4 is 4.72 Å². The van der Waals surface area contributed by atoms with Gasteiger partial charge in [-0.15, -0.1) is 0 Å². The summed E-state index contributed by atoms with van der Waals surface area (Å²) >= 11 is 0. The Morgan fingerprint density at radius 2 is 2.18 bits per heavy atom. The van der Waals surface area contributed by atoms with E-state index in [0.29, 0.717) is 12.8 Å². The molecule has 0 unspecified atom stereocenters. The standard InChI is InChI=1S/C11H15NO4S/c13-8-10-5-6-11(16-10)17(14,15)12-7-1-2-9-3-4-9/h5-6,8-9,12H,1-4,7H2. The van der Waals surface area contributed by atoms with E-state index in [1.807, 2.05) is 0 Å². The van der Waals surface area contributed by atoms with Crippen LogP contribution in [0.15, 0.2) is 21.6 Å². The third kappa shape index (κ3) is 3.41. The van der Waals surface area contributed by atoms with Gasteiger partial charge in [0.25, 0.3) is 10.0 Å². The van der Waals surface area contributed by atoms with E-state index in [-0.39, 0.29) is 10.9 Å². The molecule has 0 saturated heterocycles. The van der Waals surface area contributed by atoms with Crippen molar-refractivity contribution in [2.75, 3.05) is 6.54 Å². The number of hydrogen-bond donors (Lipinski definition) is 1. The smallest absolute Gasteiger partial charge is 0.273 e. The molecule has 6 heteroatoms. The lowest BCUT2D eigenvalue weighted by atomic mass is 10.2. The molecule has 1 N–H and O–H groups in total. The highest BCUT2D eigenvalue weighted by molar-refractivity contribution is 7.89. The third-order valence-corrected chi connectivity index (χ3v) is 4.09. The van der Waals surface area contributed by atoms with E-state index < -0.39 is 10.0 Å². The third-order valence-electron chi connectivity index (χ3n) is 2.76. The van der Waals surface area contributed by atoms with Crippen LogP contribution in [0.1, 0.15) is 36.2 Å². The van der Waals surface area contributed by atoms with Crippen molar-refractivity contribution in [1.82, 2.24) is 4.72 Å². The summed E-state index contributed by atoms with van der Waals surface area (Å²) < 4.78 is 30.7. The SMILES string of the molecule is O=Cc1ccc(S(=O)(=O)NCCCC2CC2)o1.